The van der Waals surface area contributed by atoms with E-state index in [0.29, 0.717) is 0 Å². The zero-order valence-electron chi connectivity index (χ0n) is 16.6. The molecular weight excluding hydrogens is 436 g/mol. The molecule has 3 heterocycles. The summed E-state index contributed by atoms with van der Waals surface area (Å²) in [5.41, 5.74) is 2.28. The molecule has 4 aliphatic rings. The predicted molar refractivity (Wildman–Crippen MR) is 114 cm³/mol. The number of aromatic amines is 1. The normalized spacial score (nSPS) is 35.3. The Kier molecular flexibility index (Phi) is 4.08. The summed E-state index contributed by atoms with van der Waals surface area (Å²) in [6.07, 6.45) is 0.803. The first-order valence-corrected chi connectivity index (χ1v) is 12.1. The molecule has 160 valence electrons. The Morgan fingerprint density at radius 1 is 1.13 bits per heavy atom. The number of carboxylic acids is 1. The van der Waals surface area contributed by atoms with Crippen molar-refractivity contribution in [2.75, 3.05) is 6.54 Å². The molecular formula is C22H20N2O5S2. The Morgan fingerprint density at radius 2 is 1.81 bits per heavy atom. The standard InChI is InChI=1S/C22H20N2O5S2/c1-8-2-4-9(5-3-8)13-14-10-6-11(17(14)30-19-18(13)31-22(29)23-19)16-15(10)20(27)24(21(16)28)7-12(25)26/h2-5,10-11,13-17H,6-7H2,1H3,(H,23,29)(H,25,26)/t10-,11+,13-,14+,15+,16+,17+/m0/s1. The van der Waals surface area contributed by atoms with Crippen LogP contribution in [0.3, 0.4) is 0 Å². The fourth-order valence-corrected chi connectivity index (χ4v) is 9.41. The van der Waals surface area contributed by atoms with Crippen molar-refractivity contribution in [2.24, 2.45) is 29.6 Å². The molecule has 0 unspecified atom stereocenters. The van der Waals surface area contributed by atoms with Crippen molar-refractivity contribution in [1.82, 2.24) is 9.88 Å². The van der Waals surface area contributed by atoms with Gasteiger partial charge in [0, 0.05) is 16.0 Å². The van der Waals surface area contributed by atoms with Gasteiger partial charge in [-0.25, -0.2) is 0 Å². The van der Waals surface area contributed by atoms with E-state index in [-0.39, 0.29) is 45.6 Å². The number of hydrogen-bond donors (Lipinski definition) is 2. The fraction of sp³-hybridized carbons (Fsp3) is 0.455. The molecule has 2 N–H and O–H groups in total. The van der Waals surface area contributed by atoms with E-state index >= 15 is 0 Å². The molecule has 2 amide bonds. The van der Waals surface area contributed by atoms with Crippen LogP contribution in [0.4, 0.5) is 0 Å². The van der Waals surface area contributed by atoms with Gasteiger partial charge in [0.25, 0.3) is 0 Å². The lowest BCUT2D eigenvalue weighted by Crippen LogP contribution is -2.42. The zero-order chi connectivity index (χ0) is 21.6. The van der Waals surface area contributed by atoms with Crippen LogP contribution in [0, 0.1) is 36.5 Å². The van der Waals surface area contributed by atoms with Crippen LogP contribution in [-0.4, -0.2) is 44.6 Å². The summed E-state index contributed by atoms with van der Waals surface area (Å²) in [5, 5.41) is 10.2. The van der Waals surface area contributed by atoms with Crippen LogP contribution in [0.2, 0.25) is 0 Å². The van der Waals surface area contributed by atoms with Gasteiger partial charge in [-0.3, -0.25) is 24.1 Å². The third-order valence-corrected chi connectivity index (χ3v) is 10.1. The third kappa shape index (κ3) is 2.59. The second-order valence-corrected chi connectivity index (χ2v) is 11.2. The monoisotopic (exact) mass is 456 g/mol. The van der Waals surface area contributed by atoms with E-state index in [1.165, 1.54) is 11.3 Å². The number of amides is 2. The number of likely N-dealkylation sites (tertiary alicyclic amines) is 1. The average Bonchev–Trinajstić information content (AvgIpc) is 3.44. The molecule has 2 aromatic rings. The number of aliphatic carboxylic acids is 1. The number of thioether (sulfide) groups is 1. The maximum atomic E-state index is 13.1. The quantitative estimate of drug-likeness (QED) is 0.687. The number of hydrogen-bond acceptors (Lipinski definition) is 6. The van der Waals surface area contributed by atoms with Crippen LogP contribution in [0.15, 0.2) is 34.1 Å². The molecule has 1 aromatic carbocycles. The summed E-state index contributed by atoms with van der Waals surface area (Å²) in [5.74, 6) is -2.54. The molecule has 6 rings (SSSR count). The first-order chi connectivity index (χ1) is 14.8. The van der Waals surface area contributed by atoms with Gasteiger partial charge in [0.15, 0.2) is 0 Å². The van der Waals surface area contributed by atoms with Crippen LogP contribution >= 0.6 is 23.1 Å². The van der Waals surface area contributed by atoms with Crippen molar-refractivity contribution < 1.29 is 19.5 Å². The number of carbonyl (C=O) groups is 3. The number of nitrogens with one attached hydrogen (secondary N) is 1. The third-order valence-electron chi connectivity index (χ3n) is 7.55. The molecule has 2 bridgehead atoms. The lowest BCUT2D eigenvalue weighted by Gasteiger charge is -2.43. The molecule has 7 atom stereocenters. The highest BCUT2D eigenvalue weighted by Gasteiger charge is 2.69. The smallest absolute Gasteiger partial charge is 0.323 e. The first kappa shape index (κ1) is 19.3. The van der Waals surface area contributed by atoms with Gasteiger partial charge < -0.3 is 10.1 Å². The minimum atomic E-state index is -1.17. The van der Waals surface area contributed by atoms with Gasteiger partial charge in [-0.1, -0.05) is 41.2 Å². The largest absolute Gasteiger partial charge is 0.480 e. The van der Waals surface area contributed by atoms with Gasteiger partial charge in [0.1, 0.15) is 6.54 Å². The highest BCUT2D eigenvalue weighted by atomic mass is 32.2. The summed E-state index contributed by atoms with van der Waals surface area (Å²) in [7, 11) is 0. The van der Waals surface area contributed by atoms with Crippen LogP contribution in [0.25, 0.3) is 0 Å². The van der Waals surface area contributed by atoms with Crippen LogP contribution in [0.5, 0.6) is 0 Å². The summed E-state index contributed by atoms with van der Waals surface area (Å²) >= 11 is 2.87. The Morgan fingerprint density at radius 3 is 2.48 bits per heavy atom. The van der Waals surface area contributed by atoms with Gasteiger partial charge >= 0.3 is 10.8 Å². The van der Waals surface area contributed by atoms with E-state index in [1.54, 1.807) is 11.8 Å². The van der Waals surface area contributed by atoms with Gasteiger partial charge in [-0.15, -0.1) is 11.8 Å². The molecule has 2 aliphatic heterocycles. The van der Waals surface area contributed by atoms with E-state index < -0.39 is 24.3 Å². The number of benzene rings is 1. The highest BCUT2D eigenvalue weighted by molar-refractivity contribution is 8.00. The second-order valence-electron chi connectivity index (χ2n) is 9.03. The van der Waals surface area contributed by atoms with Gasteiger partial charge in [-0.05, 0) is 36.7 Å². The summed E-state index contributed by atoms with van der Waals surface area (Å²) in [6.45, 7) is 1.47. The number of carboxylic acid groups (broad SMARTS) is 1. The van der Waals surface area contributed by atoms with Crippen molar-refractivity contribution in [3.63, 3.8) is 0 Å². The Hall–Kier alpha value is -2.39. The van der Waals surface area contributed by atoms with Crippen LogP contribution in [0.1, 0.15) is 28.3 Å². The molecule has 7 nitrogen and oxygen atoms in total. The number of nitrogens with zero attached hydrogens (tertiary/aromatic N) is 1. The van der Waals surface area contributed by atoms with E-state index in [4.69, 9.17) is 0 Å². The molecule has 2 saturated carbocycles. The number of aryl methyl sites for hydroxylation is 1. The van der Waals surface area contributed by atoms with E-state index in [2.05, 4.69) is 29.2 Å². The van der Waals surface area contributed by atoms with Crippen molar-refractivity contribution in [1.29, 1.82) is 0 Å². The predicted octanol–water partition coefficient (Wildman–Crippen LogP) is 2.30. The van der Waals surface area contributed by atoms with E-state index in [9.17, 15) is 24.3 Å². The summed E-state index contributed by atoms with van der Waals surface area (Å²) in [6, 6.07) is 8.33. The Bertz CT molecular complexity index is 1190. The van der Waals surface area contributed by atoms with Gasteiger partial charge in [-0.2, -0.15) is 0 Å². The highest BCUT2D eigenvalue weighted by Crippen LogP contribution is 2.68. The first-order valence-electron chi connectivity index (χ1n) is 10.4. The summed E-state index contributed by atoms with van der Waals surface area (Å²) in [4.78, 5) is 54.4. The molecule has 0 radical (unpaired) electrons. The SMILES string of the molecule is Cc1ccc([C@@H]2c3sc(=O)[nH]c3S[C@@H]3[C@@H]4C[C@H]([C@H]5C(=O)N(CC(=O)O)C(=O)[C@H]45)[C@H]23)cc1. The number of imide groups is 1. The number of H-pyrrole nitrogens is 1. The van der Waals surface area contributed by atoms with Crippen molar-refractivity contribution in [3.05, 3.63) is 49.9 Å². The van der Waals surface area contributed by atoms with E-state index in [1.807, 2.05) is 6.92 Å². The maximum Gasteiger partial charge on any atom is 0.323 e. The van der Waals surface area contributed by atoms with Crippen molar-refractivity contribution in [3.8, 4) is 0 Å². The number of fused-ring (bicyclic) bond motifs is 9. The fourth-order valence-electron chi connectivity index (χ4n) is 6.52. The second kappa shape index (κ2) is 6.56. The number of thiazole rings is 1. The lowest BCUT2D eigenvalue weighted by molar-refractivity contribution is -0.149. The molecule has 31 heavy (non-hydrogen) atoms. The lowest BCUT2D eigenvalue weighted by atomic mass is 9.68. The number of carbonyl (C=O) groups excluding carboxylic acids is 2. The Balaban J connectivity index is 1.45. The molecule has 9 heteroatoms. The summed E-state index contributed by atoms with van der Waals surface area (Å²) < 4.78 is 0. The topological polar surface area (TPSA) is 108 Å². The maximum absolute atomic E-state index is 13.1. The van der Waals surface area contributed by atoms with Crippen molar-refractivity contribution in [2.45, 2.75) is 29.5 Å². The molecule has 1 aromatic heterocycles. The molecule has 3 fully saturated rings. The molecule has 0 spiro atoms. The van der Waals surface area contributed by atoms with Gasteiger partial charge in [0.05, 0.1) is 16.9 Å². The Labute approximate surface area is 185 Å². The van der Waals surface area contributed by atoms with Crippen molar-refractivity contribution >= 4 is 40.9 Å². The zero-order valence-corrected chi connectivity index (χ0v) is 18.2. The molecule has 2 aliphatic carbocycles. The molecule has 1 saturated heterocycles. The minimum Gasteiger partial charge on any atom is -0.480 e. The van der Waals surface area contributed by atoms with Crippen LogP contribution < -0.4 is 4.87 Å². The average molecular weight is 457 g/mol. The minimum absolute atomic E-state index is 0.00169. The number of rotatable bonds is 3. The van der Waals surface area contributed by atoms with Crippen LogP contribution in [-0.2, 0) is 14.4 Å². The van der Waals surface area contributed by atoms with Gasteiger partial charge in [0.2, 0.25) is 11.8 Å². The number of aromatic nitrogens is 1. The van der Waals surface area contributed by atoms with E-state index in [0.717, 1.165) is 32.4 Å².